The Morgan fingerprint density at radius 1 is 1.23 bits per heavy atom. The van der Waals surface area contributed by atoms with Crippen molar-refractivity contribution in [3.05, 3.63) is 23.8 Å². The van der Waals surface area contributed by atoms with Crippen molar-refractivity contribution in [3.63, 3.8) is 0 Å². The van der Waals surface area contributed by atoms with Gasteiger partial charge in [-0.15, -0.1) is 0 Å². The van der Waals surface area contributed by atoms with Crippen LogP contribution in [0.15, 0.2) is 18.2 Å². The largest absolute Gasteiger partial charge is 0.493 e. The molecule has 1 rings (SSSR count). The number of hydrogen-bond acceptors (Lipinski definition) is 5. The van der Waals surface area contributed by atoms with Gasteiger partial charge in [-0.05, 0) is 36.8 Å². The van der Waals surface area contributed by atoms with E-state index in [0.29, 0.717) is 12.3 Å². The molecular formula is C17H27NO4. The van der Waals surface area contributed by atoms with E-state index in [0.717, 1.165) is 36.3 Å². The van der Waals surface area contributed by atoms with E-state index in [1.165, 1.54) is 7.11 Å². The summed E-state index contributed by atoms with van der Waals surface area (Å²) in [6.07, 6.45) is 3.39. The number of methoxy groups -OCH3 is 3. The van der Waals surface area contributed by atoms with E-state index < -0.39 is 6.04 Å². The fraction of sp³-hybridized carbons (Fsp3) is 0.588. The molecule has 0 spiro atoms. The Morgan fingerprint density at radius 3 is 2.50 bits per heavy atom. The van der Waals surface area contributed by atoms with Crippen LogP contribution in [0.2, 0.25) is 0 Å². The Labute approximate surface area is 132 Å². The Morgan fingerprint density at radius 2 is 1.95 bits per heavy atom. The second kappa shape index (κ2) is 9.30. The molecule has 0 heterocycles. The molecule has 2 N–H and O–H groups in total. The molecule has 124 valence electrons. The van der Waals surface area contributed by atoms with Crippen LogP contribution in [-0.4, -0.2) is 33.3 Å². The van der Waals surface area contributed by atoms with Crippen LogP contribution in [0, 0.1) is 5.92 Å². The summed E-state index contributed by atoms with van der Waals surface area (Å²) < 4.78 is 15.4. The Bertz CT molecular complexity index is 476. The first-order valence-corrected chi connectivity index (χ1v) is 7.60. The number of carbonyl (C=O) groups is 1. The molecule has 0 saturated carbocycles. The van der Waals surface area contributed by atoms with Crippen LogP contribution in [0.3, 0.4) is 0 Å². The monoisotopic (exact) mass is 309 g/mol. The SMILES string of the molecule is CCC(CCc1cccc(OC)c1OC)CC(N)C(=O)OC. The highest BCUT2D eigenvalue weighted by Gasteiger charge is 2.19. The van der Waals surface area contributed by atoms with E-state index in [1.54, 1.807) is 14.2 Å². The number of benzene rings is 1. The molecule has 5 heteroatoms. The van der Waals surface area contributed by atoms with Crippen molar-refractivity contribution in [2.75, 3.05) is 21.3 Å². The maximum atomic E-state index is 11.4. The third kappa shape index (κ3) is 4.91. The highest BCUT2D eigenvalue weighted by Crippen LogP contribution is 2.32. The standard InChI is InChI=1S/C17H27NO4/c1-5-12(11-14(18)17(19)22-4)9-10-13-7-6-8-15(20-2)16(13)21-3/h6-8,12,14H,5,9-11,18H2,1-4H3. The predicted octanol–water partition coefficient (Wildman–Crippen LogP) is 2.55. The second-order valence-corrected chi connectivity index (χ2v) is 5.33. The zero-order valence-electron chi connectivity index (χ0n) is 13.9. The summed E-state index contributed by atoms with van der Waals surface area (Å²) in [5, 5.41) is 0. The minimum atomic E-state index is -0.554. The number of rotatable bonds is 9. The number of para-hydroxylation sites is 1. The molecular weight excluding hydrogens is 282 g/mol. The summed E-state index contributed by atoms with van der Waals surface area (Å²) in [4.78, 5) is 11.4. The molecule has 5 nitrogen and oxygen atoms in total. The van der Waals surface area contributed by atoms with Crippen molar-refractivity contribution < 1.29 is 19.0 Å². The van der Waals surface area contributed by atoms with Crippen molar-refractivity contribution in [3.8, 4) is 11.5 Å². The highest BCUT2D eigenvalue weighted by molar-refractivity contribution is 5.75. The van der Waals surface area contributed by atoms with Gasteiger partial charge in [0.25, 0.3) is 0 Å². The minimum Gasteiger partial charge on any atom is -0.493 e. The number of carbonyl (C=O) groups excluding carboxylic acids is 1. The summed E-state index contributed by atoms with van der Waals surface area (Å²) in [5.74, 6) is 1.53. The van der Waals surface area contributed by atoms with Gasteiger partial charge in [-0.2, -0.15) is 0 Å². The van der Waals surface area contributed by atoms with Gasteiger partial charge in [0.1, 0.15) is 6.04 Å². The maximum Gasteiger partial charge on any atom is 0.322 e. The van der Waals surface area contributed by atoms with E-state index in [9.17, 15) is 4.79 Å². The fourth-order valence-electron chi connectivity index (χ4n) is 2.61. The number of aryl methyl sites for hydroxylation is 1. The lowest BCUT2D eigenvalue weighted by Gasteiger charge is -2.19. The van der Waals surface area contributed by atoms with Crippen molar-refractivity contribution in [2.24, 2.45) is 11.7 Å². The van der Waals surface area contributed by atoms with E-state index in [2.05, 4.69) is 11.7 Å². The van der Waals surface area contributed by atoms with Crippen LogP contribution >= 0.6 is 0 Å². The highest BCUT2D eigenvalue weighted by atomic mass is 16.5. The molecule has 2 atom stereocenters. The molecule has 2 unspecified atom stereocenters. The lowest BCUT2D eigenvalue weighted by atomic mass is 9.91. The summed E-state index contributed by atoms with van der Waals surface area (Å²) in [6, 6.07) is 5.32. The van der Waals surface area contributed by atoms with Crippen LogP contribution in [-0.2, 0) is 16.0 Å². The zero-order chi connectivity index (χ0) is 16.5. The smallest absolute Gasteiger partial charge is 0.322 e. The minimum absolute atomic E-state index is 0.350. The lowest BCUT2D eigenvalue weighted by molar-refractivity contribution is -0.142. The average Bonchev–Trinajstić information content (AvgIpc) is 2.56. The Hall–Kier alpha value is -1.75. The van der Waals surface area contributed by atoms with Crippen molar-refractivity contribution in [2.45, 2.75) is 38.6 Å². The van der Waals surface area contributed by atoms with Crippen molar-refractivity contribution >= 4 is 5.97 Å². The summed E-state index contributed by atoms with van der Waals surface area (Å²) in [5.41, 5.74) is 6.96. The first kappa shape index (κ1) is 18.3. The van der Waals surface area contributed by atoms with Gasteiger partial charge in [0, 0.05) is 0 Å². The quantitative estimate of drug-likeness (QED) is 0.710. The van der Waals surface area contributed by atoms with Gasteiger partial charge in [0.15, 0.2) is 11.5 Å². The molecule has 0 radical (unpaired) electrons. The first-order chi connectivity index (χ1) is 10.6. The maximum absolute atomic E-state index is 11.4. The molecule has 0 fully saturated rings. The third-order valence-electron chi connectivity index (χ3n) is 3.97. The van der Waals surface area contributed by atoms with Gasteiger partial charge >= 0.3 is 5.97 Å². The van der Waals surface area contributed by atoms with E-state index in [4.69, 9.17) is 15.2 Å². The van der Waals surface area contributed by atoms with Crippen LogP contribution < -0.4 is 15.2 Å². The second-order valence-electron chi connectivity index (χ2n) is 5.33. The summed E-state index contributed by atoms with van der Waals surface area (Å²) in [7, 11) is 4.64. The Kier molecular flexibility index (Phi) is 7.74. The van der Waals surface area contributed by atoms with E-state index in [-0.39, 0.29) is 5.97 Å². The topological polar surface area (TPSA) is 70.8 Å². The molecule has 0 aliphatic heterocycles. The van der Waals surface area contributed by atoms with Gasteiger partial charge in [0.05, 0.1) is 21.3 Å². The predicted molar refractivity (Wildman–Crippen MR) is 86.3 cm³/mol. The van der Waals surface area contributed by atoms with Gasteiger partial charge in [-0.3, -0.25) is 4.79 Å². The number of esters is 1. The van der Waals surface area contributed by atoms with Crippen LogP contribution in [0.4, 0.5) is 0 Å². The number of ether oxygens (including phenoxy) is 3. The summed E-state index contributed by atoms with van der Waals surface area (Å²) in [6.45, 7) is 2.11. The molecule has 0 amide bonds. The van der Waals surface area contributed by atoms with E-state index >= 15 is 0 Å². The number of nitrogens with two attached hydrogens (primary N) is 1. The molecule has 1 aromatic carbocycles. The molecule has 0 aromatic heterocycles. The zero-order valence-corrected chi connectivity index (χ0v) is 13.9. The average molecular weight is 309 g/mol. The van der Waals surface area contributed by atoms with Gasteiger partial charge in [-0.25, -0.2) is 0 Å². The van der Waals surface area contributed by atoms with Gasteiger partial charge < -0.3 is 19.9 Å². The summed E-state index contributed by atoms with van der Waals surface area (Å²) >= 11 is 0. The molecule has 0 aliphatic rings. The molecule has 22 heavy (non-hydrogen) atoms. The third-order valence-corrected chi connectivity index (χ3v) is 3.97. The van der Waals surface area contributed by atoms with Crippen LogP contribution in [0.5, 0.6) is 11.5 Å². The van der Waals surface area contributed by atoms with Gasteiger partial charge in [-0.1, -0.05) is 25.5 Å². The molecule has 0 aliphatic carbocycles. The van der Waals surface area contributed by atoms with E-state index in [1.807, 2.05) is 18.2 Å². The molecule has 1 aromatic rings. The lowest BCUT2D eigenvalue weighted by Crippen LogP contribution is -2.33. The molecule has 0 bridgehead atoms. The Balaban J connectivity index is 2.69. The van der Waals surface area contributed by atoms with Crippen LogP contribution in [0.25, 0.3) is 0 Å². The first-order valence-electron chi connectivity index (χ1n) is 7.60. The van der Waals surface area contributed by atoms with Gasteiger partial charge in [0.2, 0.25) is 0 Å². The number of hydrogen-bond donors (Lipinski definition) is 1. The normalized spacial score (nSPS) is 13.3. The van der Waals surface area contributed by atoms with Crippen LogP contribution in [0.1, 0.15) is 31.7 Å². The fourth-order valence-corrected chi connectivity index (χ4v) is 2.61. The van der Waals surface area contributed by atoms with Crippen molar-refractivity contribution in [1.29, 1.82) is 0 Å². The van der Waals surface area contributed by atoms with Crippen molar-refractivity contribution in [1.82, 2.24) is 0 Å². The molecule has 0 saturated heterocycles.